The van der Waals surface area contributed by atoms with Crippen molar-refractivity contribution in [2.75, 3.05) is 15.7 Å². The molecular formula is C20H19F6N3O5S2. The Bertz CT molecular complexity index is 1350. The average molecular weight is 560 g/mol. The van der Waals surface area contributed by atoms with Crippen LogP contribution in [0.25, 0.3) is 0 Å². The monoisotopic (exact) mass is 559 g/mol. The molecule has 0 fully saturated rings. The fourth-order valence-electron chi connectivity index (χ4n) is 2.71. The summed E-state index contributed by atoms with van der Waals surface area (Å²) in [5.74, 6) is -1.19. The Labute approximate surface area is 202 Å². The number of halogens is 6. The van der Waals surface area contributed by atoms with Crippen molar-refractivity contribution in [1.82, 2.24) is 5.32 Å². The predicted molar refractivity (Wildman–Crippen MR) is 119 cm³/mol. The molecule has 2 rings (SSSR count). The number of allylic oxidation sites excluding steroid dienone is 1. The molecule has 0 aromatic heterocycles. The molecule has 0 saturated heterocycles. The molecule has 0 unspecified atom stereocenters. The molecule has 0 bridgehead atoms. The number of amides is 1. The first kappa shape index (κ1) is 29.0. The third kappa shape index (κ3) is 8.75. The van der Waals surface area contributed by atoms with Crippen LogP contribution in [0, 0.1) is 0 Å². The lowest BCUT2D eigenvalue weighted by Crippen LogP contribution is -2.25. The topological polar surface area (TPSA) is 121 Å². The van der Waals surface area contributed by atoms with E-state index in [1.54, 1.807) is 0 Å². The van der Waals surface area contributed by atoms with Crippen molar-refractivity contribution in [3.05, 3.63) is 65.9 Å². The number of alkyl halides is 6. The first-order valence-electron chi connectivity index (χ1n) is 9.65. The van der Waals surface area contributed by atoms with Gasteiger partial charge in [0.1, 0.15) is 0 Å². The number of carbonyl (C=O) groups is 1. The molecule has 0 aliphatic rings. The fourth-order valence-corrected chi connectivity index (χ4v) is 4.34. The van der Waals surface area contributed by atoms with Gasteiger partial charge in [0.15, 0.2) is 0 Å². The van der Waals surface area contributed by atoms with Crippen molar-refractivity contribution in [2.45, 2.75) is 30.1 Å². The Morgan fingerprint density at radius 2 is 1.50 bits per heavy atom. The Balaban J connectivity index is 2.38. The van der Waals surface area contributed by atoms with E-state index in [0.717, 1.165) is 30.5 Å². The molecule has 2 aromatic rings. The molecule has 16 heteroatoms. The predicted octanol–water partition coefficient (Wildman–Crippen LogP) is 4.46. The summed E-state index contributed by atoms with van der Waals surface area (Å²) < 4.78 is 129. The zero-order valence-corrected chi connectivity index (χ0v) is 19.9. The SMILES string of the molecule is C=C(CCC(F)(F)F)NC(=O)c1ccc(C(F)(F)F)cc1NS(=O)(=O)c1ccc(NS(C)(=O)=O)cc1. The highest BCUT2D eigenvalue weighted by Crippen LogP contribution is 2.33. The van der Waals surface area contributed by atoms with E-state index < -0.39 is 72.9 Å². The minimum atomic E-state index is -4.91. The minimum Gasteiger partial charge on any atom is -0.326 e. The maximum atomic E-state index is 13.2. The molecule has 0 atom stereocenters. The van der Waals surface area contributed by atoms with Crippen LogP contribution in [0.15, 0.2) is 59.6 Å². The van der Waals surface area contributed by atoms with Crippen LogP contribution in [0.2, 0.25) is 0 Å². The third-order valence-corrected chi connectivity index (χ3v) is 6.29. The second-order valence-electron chi connectivity index (χ2n) is 7.44. The normalized spacial score (nSPS) is 12.6. The van der Waals surface area contributed by atoms with Gasteiger partial charge in [-0.3, -0.25) is 14.2 Å². The molecule has 2 aromatic carbocycles. The van der Waals surface area contributed by atoms with Gasteiger partial charge in [-0.1, -0.05) is 6.58 Å². The number of benzene rings is 2. The van der Waals surface area contributed by atoms with E-state index in [2.05, 4.69) is 11.3 Å². The van der Waals surface area contributed by atoms with Crippen LogP contribution in [0.4, 0.5) is 37.7 Å². The van der Waals surface area contributed by atoms with Crippen molar-refractivity contribution in [1.29, 1.82) is 0 Å². The molecule has 198 valence electrons. The Morgan fingerprint density at radius 3 is 2.00 bits per heavy atom. The number of rotatable bonds is 9. The van der Waals surface area contributed by atoms with Crippen LogP contribution in [0.1, 0.15) is 28.8 Å². The molecular weight excluding hydrogens is 540 g/mol. The van der Waals surface area contributed by atoms with Gasteiger partial charge >= 0.3 is 12.4 Å². The van der Waals surface area contributed by atoms with E-state index in [1.165, 1.54) is 0 Å². The second-order valence-corrected chi connectivity index (χ2v) is 10.9. The summed E-state index contributed by atoms with van der Waals surface area (Å²) in [5.41, 5.74) is -3.10. The summed E-state index contributed by atoms with van der Waals surface area (Å²) in [6, 6.07) is 5.60. The highest BCUT2D eigenvalue weighted by molar-refractivity contribution is 7.92. The fraction of sp³-hybridized carbons (Fsp3) is 0.250. The van der Waals surface area contributed by atoms with Gasteiger partial charge in [-0.25, -0.2) is 16.8 Å². The number of carbonyl (C=O) groups excluding carboxylic acids is 1. The molecule has 8 nitrogen and oxygen atoms in total. The van der Waals surface area contributed by atoms with Gasteiger partial charge in [0.25, 0.3) is 15.9 Å². The standard InChI is InChI=1S/C20H19F6N3O5S2/c1-12(9-10-19(21,22)23)27-18(30)16-8-3-13(20(24,25)26)11-17(16)29-36(33,34)15-6-4-14(5-7-15)28-35(2,31)32/h3-8,11,28-29H,1,9-10H2,2H3,(H,27,30). The molecule has 0 saturated carbocycles. The van der Waals surface area contributed by atoms with E-state index in [-0.39, 0.29) is 11.4 Å². The van der Waals surface area contributed by atoms with E-state index in [0.29, 0.717) is 18.2 Å². The lowest BCUT2D eigenvalue weighted by molar-refractivity contribution is -0.137. The van der Waals surface area contributed by atoms with Crippen molar-refractivity contribution in [3.63, 3.8) is 0 Å². The summed E-state index contributed by atoms with van der Waals surface area (Å²) >= 11 is 0. The summed E-state index contributed by atoms with van der Waals surface area (Å²) in [4.78, 5) is 12.0. The highest BCUT2D eigenvalue weighted by atomic mass is 32.2. The first-order valence-corrected chi connectivity index (χ1v) is 13.0. The van der Waals surface area contributed by atoms with Crippen LogP contribution in [0.5, 0.6) is 0 Å². The second kappa shape index (κ2) is 10.4. The maximum Gasteiger partial charge on any atom is 0.416 e. The maximum absolute atomic E-state index is 13.2. The third-order valence-electron chi connectivity index (χ3n) is 4.30. The molecule has 1 amide bonds. The van der Waals surface area contributed by atoms with Gasteiger partial charge in [0.05, 0.1) is 28.0 Å². The lowest BCUT2D eigenvalue weighted by Gasteiger charge is -2.16. The van der Waals surface area contributed by atoms with Crippen molar-refractivity contribution in [2.24, 2.45) is 0 Å². The summed E-state index contributed by atoms with van der Waals surface area (Å²) in [5, 5.41) is 2.01. The largest absolute Gasteiger partial charge is 0.416 e. The van der Waals surface area contributed by atoms with Gasteiger partial charge in [0, 0.05) is 17.8 Å². The minimum absolute atomic E-state index is 0.00737. The van der Waals surface area contributed by atoms with Crippen LogP contribution in [-0.4, -0.2) is 35.2 Å². The molecule has 0 spiro atoms. The van der Waals surface area contributed by atoms with Crippen LogP contribution >= 0.6 is 0 Å². The van der Waals surface area contributed by atoms with Crippen molar-refractivity contribution in [3.8, 4) is 0 Å². The number of hydrogen-bond donors (Lipinski definition) is 3. The zero-order chi connectivity index (χ0) is 27.5. The van der Waals surface area contributed by atoms with Crippen LogP contribution in [-0.2, 0) is 26.2 Å². The average Bonchev–Trinajstić information content (AvgIpc) is 2.70. The van der Waals surface area contributed by atoms with Crippen molar-refractivity contribution >= 4 is 37.3 Å². The molecule has 0 aliphatic carbocycles. The zero-order valence-electron chi connectivity index (χ0n) is 18.3. The van der Waals surface area contributed by atoms with E-state index in [4.69, 9.17) is 0 Å². The van der Waals surface area contributed by atoms with Crippen LogP contribution in [0.3, 0.4) is 0 Å². The Morgan fingerprint density at radius 1 is 0.917 bits per heavy atom. The molecule has 0 heterocycles. The number of anilines is 2. The van der Waals surface area contributed by atoms with E-state index in [1.807, 2.05) is 10.0 Å². The first-order chi connectivity index (χ1) is 16.3. The number of sulfonamides is 2. The molecule has 0 radical (unpaired) electrons. The van der Waals surface area contributed by atoms with E-state index in [9.17, 15) is 48.0 Å². The highest BCUT2D eigenvalue weighted by Gasteiger charge is 2.32. The van der Waals surface area contributed by atoms with Gasteiger partial charge < -0.3 is 5.32 Å². The quantitative estimate of drug-likeness (QED) is 0.392. The number of nitrogens with one attached hydrogen (secondary N) is 3. The lowest BCUT2D eigenvalue weighted by atomic mass is 10.1. The Kier molecular flexibility index (Phi) is 8.35. The summed E-state index contributed by atoms with van der Waals surface area (Å²) in [6.45, 7) is 3.27. The summed E-state index contributed by atoms with van der Waals surface area (Å²) in [6.07, 6.45) is -10.6. The van der Waals surface area contributed by atoms with E-state index >= 15 is 0 Å². The van der Waals surface area contributed by atoms with Crippen LogP contribution < -0.4 is 14.8 Å². The van der Waals surface area contributed by atoms with Crippen molar-refractivity contribution < 1.29 is 48.0 Å². The molecule has 3 N–H and O–H groups in total. The van der Waals surface area contributed by atoms with Gasteiger partial charge in [-0.2, -0.15) is 26.3 Å². The molecule has 0 aliphatic heterocycles. The summed E-state index contributed by atoms with van der Waals surface area (Å²) in [7, 11) is -8.26. The molecule has 36 heavy (non-hydrogen) atoms. The van der Waals surface area contributed by atoms with Gasteiger partial charge in [-0.05, 0) is 48.9 Å². The van der Waals surface area contributed by atoms with Gasteiger partial charge in [-0.15, -0.1) is 0 Å². The van der Waals surface area contributed by atoms with Gasteiger partial charge in [0.2, 0.25) is 10.0 Å². The Hall–Kier alpha value is -3.27. The smallest absolute Gasteiger partial charge is 0.326 e. The number of hydrogen-bond acceptors (Lipinski definition) is 5.